The van der Waals surface area contributed by atoms with Gasteiger partial charge in [-0.15, -0.1) is 0 Å². The van der Waals surface area contributed by atoms with Gasteiger partial charge in [0, 0.05) is 11.5 Å². The molecule has 0 aliphatic heterocycles. The summed E-state index contributed by atoms with van der Waals surface area (Å²) in [5, 5.41) is 14.9. The number of aromatic nitrogens is 2. The second-order valence-electron chi connectivity index (χ2n) is 5.94. The summed E-state index contributed by atoms with van der Waals surface area (Å²) in [7, 11) is 0. The van der Waals surface area contributed by atoms with E-state index in [4.69, 9.17) is 16.7 Å². The van der Waals surface area contributed by atoms with Crippen molar-refractivity contribution >= 4 is 11.6 Å². The van der Waals surface area contributed by atoms with Crippen molar-refractivity contribution < 1.29 is 5.11 Å². The van der Waals surface area contributed by atoms with E-state index in [0.29, 0.717) is 17.6 Å². The molecule has 0 atom stereocenters. The largest absolute Gasteiger partial charge is 0.391 e. The zero-order valence-corrected chi connectivity index (χ0v) is 13.1. The maximum Gasteiger partial charge on any atom is 0.133 e. The summed E-state index contributed by atoms with van der Waals surface area (Å²) in [6.45, 7) is 2.70. The van der Waals surface area contributed by atoms with E-state index in [0.717, 1.165) is 24.1 Å². The van der Waals surface area contributed by atoms with Gasteiger partial charge in [-0.25, -0.2) is 4.68 Å². The number of nitrogens with zero attached hydrogens (tertiary/aromatic N) is 2. The molecule has 1 heterocycles. The van der Waals surface area contributed by atoms with Crippen molar-refractivity contribution in [3.8, 4) is 0 Å². The number of hydrogen-bond acceptors (Lipinski definition) is 2. The highest BCUT2D eigenvalue weighted by Gasteiger charge is 2.25. The van der Waals surface area contributed by atoms with Gasteiger partial charge in [0.1, 0.15) is 5.15 Å². The molecule has 0 spiro atoms. The number of halogens is 1. The number of benzene rings is 1. The van der Waals surface area contributed by atoms with E-state index < -0.39 is 0 Å². The molecule has 0 saturated heterocycles. The van der Waals surface area contributed by atoms with Gasteiger partial charge in [0.25, 0.3) is 0 Å². The first-order valence-electron chi connectivity index (χ1n) is 7.60. The maximum atomic E-state index is 9.64. The predicted molar refractivity (Wildman–Crippen MR) is 84.6 cm³/mol. The van der Waals surface area contributed by atoms with Gasteiger partial charge < -0.3 is 5.11 Å². The molecule has 0 bridgehead atoms. The Morgan fingerprint density at radius 1 is 1.24 bits per heavy atom. The monoisotopic (exact) mass is 304 g/mol. The summed E-state index contributed by atoms with van der Waals surface area (Å²) >= 11 is 6.43. The number of rotatable bonds is 4. The fraction of sp³-hybridized carbons (Fsp3) is 0.471. The average Bonchev–Trinajstić information content (AvgIpc) is 3.10. The zero-order chi connectivity index (χ0) is 14.8. The van der Waals surface area contributed by atoms with E-state index in [1.165, 1.54) is 24.0 Å². The van der Waals surface area contributed by atoms with E-state index in [-0.39, 0.29) is 6.61 Å². The summed E-state index contributed by atoms with van der Waals surface area (Å²) in [5.41, 5.74) is 4.24. The molecule has 1 aromatic carbocycles. The predicted octanol–water partition coefficient (Wildman–Crippen LogP) is 4.04. The van der Waals surface area contributed by atoms with Gasteiger partial charge >= 0.3 is 0 Å². The van der Waals surface area contributed by atoms with Crippen LogP contribution in [0, 0.1) is 6.92 Å². The lowest BCUT2D eigenvalue weighted by Gasteiger charge is -2.06. The third-order valence-corrected chi connectivity index (χ3v) is 4.79. The Balaban J connectivity index is 1.89. The molecule has 3 nitrogen and oxygen atoms in total. The normalized spacial score (nSPS) is 15.8. The summed E-state index contributed by atoms with van der Waals surface area (Å²) in [6, 6.07) is 8.39. The standard InChI is InChI=1S/C17H21ClN2O/c1-12-6-8-13(9-7-12)10-20-17(18)15(11-21)16(19-20)14-4-2-3-5-14/h6-9,14,21H,2-5,10-11H2,1H3. The smallest absolute Gasteiger partial charge is 0.133 e. The second kappa shape index (κ2) is 6.20. The van der Waals surface area contributed by atoms with Crippen LogP contribution in [0.4, 0.5) is 0 Å². The molecule has 1 aliphatic rings. The lowest BCUT2D eigenvalue weighted by molar-refractivity contribution is 0.280. The van der Waals surface area contributed by atoms with Crippen LogP contribution in [-0.2, 0) is 13.2 Å². The van der Waals surface area contributed by atoms with Crippen LogP contribution >= 0.6 is 11.6 Å². The molecule has 1 N–H and O–H groups in total. The van der Waals surface area contributed by atoms with E-state index in [1.54, 1.807) is 0 Å². The maximum absolute atomic E-state index is 9.64. The van der Waals surface area contributed by atoms with Crippen LogP contribution in [0.1, 0.15) is 54.0 Å². The molecule has 4 heteroatoms. The number of aliphatic hydroxyl groups is 1. The van der Waals surface area contributed by atoms with Crippen molar-refractivity contribution in [1.82, 2.24) is 9.78 Å². The molecule has 1 aliphatic carbocycles. The van der Waals surface area contributed by atoms with Gasteiger partial charge in [0.05, 0.1) is 18.8 Å². The zero-order valence-electron chi connectivity index (χ0n) is 12.3. The molecule has 0 unspecified atom stereocenters. The Morgan fingerprint density at radius 2 is 1.90 bits per heavy atom. The SMILES string of the molecule is Cc1ccc(Cn2nc(C3CCCC3)c(CO)c2Cl)cc1. The number of aryl methyl sites for hydroxylation is 1. The Kier molecular flexibility index (Phi) is 4.32. The van der Waals surface area contributed by atoms with Crippen LogP contribution in [0.3, 0.4) is 0 Å². The highest BCUT2D eigenvalue weighted by molar-refractivity contribution is 6.30. The lowest BCUT2D eigenvalue weighted by atomic mass is 10.0. The van der Waals surface area contributed by atoms with Gasteiger partial charge in [0.2, 0.25) is 0 Å². The van der Waals surface area contributed by atoms with Crippen LogP contribution in [0.2, 0.25) is 5.15 Å². The first-order valence-corrected chi connectivity index (χ1v) is 7.98. The third-order valence-electron chi connectivity index (χ3n) is 4.37. The third kappa shape index (κ3) is 2.99. The van der Waals surface area contributed by atoms with Crippen molar-refractivity contribution in [2.45, 2.75) is 51.7 Å². The Bertz CT molecular complexity index is 612. The first kappa shape index (κ1) is 14.6. The minimum Gasteiger partial charge on any atom is -0.391 e. The first-order chi connectivity index (χ1) is 10.2. The van der Waals surface area contributed by atoms with Crippen molar-refractivity contribution in [3.63, 3.8) is 0 Å². The Labute approximate surface area is 130 Å². The summed E-state index contributed by atoms with van der Waals surface area (Å²) in [6.07, 6.45) is 4.81. The molecule has 0 amide bonds. The molecule has 3 rings (SSSR count). The van der Waals surface area contributed by atoms with Crippen LogP contribution in [0.5, 0.6) is 0 Å². The number of aliphatic hydroxyl groups excluding tert-OH is 1. The van der Waals surface area contributed by atoms with Crippen molar-refractivity contribution in [3.05, 3.63) is 51.8 Å². The van der Waals surface area contributed by atoms with Gasteiger partial charge in [-0.2, -0.15) is 5.10 Å². The van der Waals surface area contributed by atoms with Crippen molar-refractivity contribution in [1.29, 1.82) is 0 Å². The van der Waals surface area contributed by atoms with Gasteiger partial charge in [-0.1, -0.05) is 54.3 Å². The quantitative estimate of drug-likeness (QED) is 0.925. The van der Waals surface area contributed by atoms with E-state index in [1.807, 2.05) is 4.68 Å². The second-order valence-corrected chi connectivity index (χ2v) is 6.30. The molecule has 1 saturated carbocycles. The highest BCUT2D eigenvalue weighted by atomic mass is 35.5. The molecule has 112 valence electrons. The van der Waals surface area contributed by atoms with Crippen molar-refractivity contribution in [2.75, 3.05) is 0 Å². The molecule has 21 heavy (non-hydrogen) atoms. The molecule has 2 aromatic rings. The minimum atomic E-state index is -0.0292. The van der Waals surface area contributed by atoms with Gasteiger partial charge in [-0.05, 0) is 25.3 Å². The van der Waals surface area contributed by atoms with Crippen LogP contribution < -0.4 is 0 Å². The fourth-order valence-corrected chi connectivity index (χ4v) is 3.39. The molecule has 0 radical (unpaired) electrons. The summed E-state index contributed by atoms with van der Waals surface area (Å²) in [5.74, 6) is 0.462. The van der Waals surface area contributed by atoms with Crippen molar-refractivity contribution in [2.24, 2.45) is 0 Å². The molecular weight excluding hydrogens is 284 g/mol. The van der Waals surface area contributed by atoms with E-state index >= 15 is 0 Å². The molecule has 1 aromatic heterocycles. The Morgan fingerprint density at radius 3 is 2.52 bits per heavy atom. The highest BCUT2D eigenvalue weighted by Crippen LogP contribution is 2.37. The van der Waals surface area contributed by atoms with E-state index in [9.17, 15) is 5.11 Å². The topological polar surface area (TPSA) is 38.0 Å². The van der Waals surface area contributed by atoms with Gasteiger partial charge in [-0.3, -0.25) is 0 Å². The number of hydrogen-bond donors (Lipinski definition) is 1. The van der Waals surface area contributed by atoms with Crippen LogP contribution in [0.15, 0.2) is 24.3 Å². The molecule has 1 fully saturated rings. The fourth-order valence-electron chi connectivity index (χ4n) is 3.14. The van der Waals surface area contributed by atoms with Crippen LogP contribution in [0.25, 0.3) is 0 Å². The molecular formula is C17H21ClN2O. The Hall–Kier alpha value is -1.32. The average molecular weight is 305 g/mol. The minimum absolute atomic E-state index is 0.0292. The van der Waals surface area contributed by atoms with Crippen LogP contribution in [-0.4, -0.2) is 14.9 Å². The lowest BCUT2D eigenvalue weighted by Crippen LogP contribution is -2.03. The summed E-state index contributed by atoms with van der Waals surface area (Å²) in [4.78, 5) is 0. The van der Waals surface area contributed by atoms with Gasteiger partial charge in [0.15, 0.2) is 0 Å². The van der Waals surface area contributed by atoms with E-state index in [2.05, 4.69) is 31.2 Å². The summed E-state index contributed by atoms with van der Waals surface area (Å²) < 4.78 is 1.82.